The summed E-state index contributed by atoms with van der Waals surface area (Å²) in [5.41, 5.74) is 0. The quantitative estimate of drug-likeness (QED) is 0.114. The minimum Gasteiger partial charge on any atom is -0.390 e. The number of fused-ring (bicyclic) bond motifs is 2. The maximum Gasteiger partial charge on any atom is 0.226 e. The fourth-order valence-electron chi connectivity index (χ4n) is 16.4. The summed E-state index contributed by atoms with van der Waals surface area (Å²) in [5, 5.41) is 50.2. The minimum absolute atomic E-state index is 0.0559. The molecule has 9 aliphatic carbocycles. The zero-order valence-corrected chi connectivity index (χ0v) is 44.3. The van der Waals surface area contributed by atoms with Crippen molar-refractivity contribution >= 4 is 11.8 Å². The Morgan fingerprint density at radius 2 is 0.757 bits per heavy atom. The molecule has 70 heavy (non-hydrogen) atoms. The monoisotopic (exact) mass is 967 g/mol. The molecule has 16 unspecified atom stereocenters. The molecule has 10 heteroatoms. The van der Waals surface area contributed by atoms with Gasteiger partial charge >= 0.3 is 0 Å². The van der Waals surface area contributed by atoms with E-state index in [1.54, 1.807) is 0 Å². The van der Waals surface area contributed by atoms with Gasteiger partial charge in [0.25, 0.3) is 0 Å². The molecule has 0 spiro atoms. The number of carbonyl (C=O) groups is 2. The number of azo groups is 2. The lowest BCUT2D eigenvalue weighted by atomic mass is 9.63. The SMILES string of the molecule is CC1CCC(NC(=O)C2CC3CCCCC3C(N=NC3CCC(C=CC4CCC(C=CC5CCC(N=NC6C(O)C(C(=O)NC7CCC(C)CC7C)CC7CCCCC76)CC5)CC4)CC3)C2O)C(C)C1. The third-order valence-corrected chi connectivity index (χ3v) is 21.0. The van der Waals surface area contributed by atoms with Gasteiger partial charge in [0.1, 0.15) is 12.1 Å². The summed E-state index contributed by atoms with van der Waals surface area (Å²) in [5.74, 6) is 6.04. The molecular weight excluding hydrogens is 869 g/mol. The number of hydrogen-bond acceptors (Lipinski definition) is 8. The van der Waals surface area contributed by atoms with Crippen molar-refractivity contribution in [3.05, 3.63) is 24.3 Å². The number of amides is 2. The molecule has 0 bridgehead atoms. The van der Waals surface area contributed by atoms with E-state index in [1.807, 2.05) is 0 Å². The third-order valence-electron chi connectivity index (χ3n) is 21.0. The molecular formula is C60H98N6O4. The summed E-state index contributed by atoms with van der Waals surface area (Å²) in [6.45, 7) is 9.19. The molecule has 0 aliphatic heterocycles. The summed E-state index contributed by atoms with van der Waals surface area (Å²) < 4.78 is 0. The van der Waals surface area contributed by atoms with Crippen LogP contribution in [0.15, 0.2) is 44.8 Å². The Hall–Kier alpha value is -2.46. The molecule has 0 heterocycles. The lowest BCUT2D eigenvalue weighted by molar-refractivity contribution is -0.136. The number of hydrogen-bond donors (Lipinski definition) is 4. The fraction of sp³-hybridized carbons (Fsp3) is 0.900. The number of nitrogens with one attached hydrogen (secondary N) is 2. The Bertz CT molecular complexity index is 1670. The lowest BCUT2D eigenvalue weighted by Gasteiger charge is -2.45. The van der Waals surface area contributed by atoms with E-state index in [4.69, 9.17) is 20.5 Å². The number of allylic oxidation sites excluding steroid dienone is 4. The minimum atomic E-state index is -0.737. The van der Waals surface area contributed by atoms with Crippen LogP contribution in [0.3, 0.4) is 0 Å². The van der Waals surface area contributed by atoms with Gasteiger partial charge in [0.05, 0.1) is 36.1 Å². The lowest BCUT2D eigenvalue weighted by Crippen LogP contribution is -2.54. The highest BCUT2D eigenvalue weighted by molar-refractivity contribution is 5.80. The Morgan fingerprint density at radius 3 is 1.11 bits per heavy atom. The van der Waals surface area contributed by atoms with Crippen molar-refractivity contribution in [3.8, 4) is 0 Å². The number of rotatable bonds is 12. The van der Waals surface area contributed by atoms with Gasteiger partial charge in [-0.25, -0.2) is 0 Å². The first-order chi connectivity index (χ1) is 33.9. The average Bonchev–Trinajstić information content (AvgIpc) is 3.36. The molecule has 0 aromatic carbocycles. The average molecular weight is 967 g/mol. The Morgan fingerprint density at radius 1 is 0.414 bits per heavy atom. The maximum atomic E-state index is 13.7. The molecule has 10 nitrogen and oxygen atoms in total. The van der Waals surface area contributed by atoms with Crippen LogP contribution in [-0.2, 0) is 9.59 Å². The molecule has 16 atom stereocenters. The van der Waals surface area contributed by atoms with Crippen LogP contribution >= 0.6 is 0 Å². The van der Waals surface area contributed by atoms with Crippen molar-refractivity contribution in [3.63, 3.8) is 0 Å². The molecule has 0 aromatic rings. The number of nitrogens with zero attached hydrogens (tertiary/aromatic N) is 4. The van der Waals surface area contributed by atoms with Crippen LogP contribution in [0.4, 0.5) is 0 Å². The molecule has 9 aliphatic rings. The zero-order valence-electron chi connectivity index (χ0n) is 44.3. The van der Waals surface area contributed by atoms with Gasteiger partial charge in [-0.15, -0.1) is 0 Å². The van der Waals surface area contributed by atoms with Crippen LogP contribution in [0.1, 0.15) is 207 Å². The highest BCUT2D eigenvalue weighted by atomic mass is 16.3. The topological polar surface area (TPSA) is 148 Å². The second-order valence-electron chi connectivity index (χ2n) is 26.1. The zero-order chi connectivity index (χ0) is 48.7. The van der Waals surface area contributed by atoms with E-state index in [0.29, 0.717) is 59.2 Å². The largest absolute Gasteiger partial charge is 0.390 e. The van der Waals surface area contributed by atoms with Crippen molar-refractivity contribution < 1.29 is 19.8 Å². The van der Waals surface area contributed by atoms with Crippen LogP contribution in [0.2, 0.25) is 0 Å². The Kier molecular flexibility index (Phi) is 18.5. The Labute approximate surface area is 424 Å². The molecule has 0 saturated heterocycles. The first-order valence-corrected chi connectivity index (χ1v) is 30.1. The molecule has 2 amide bonds. The first kappa shape index (κ1) is 52.4. The molecule has 9 rings (SSSR count). The first-order valence-electron chi connectivity index (χ1n) is 30.1. The molecule has 9 fully saturated rings. The summed E-state index contributed by atoms with van der Waals surface area (Å²) in [4.78, 5) is 27.5. The van der Waals surface area contributed by atoms with Crippen molar-refractivity contribution in [2.45, 2.75) is 256 Å². The van der Waals surface area contributed by atoms with Crippen LogP contribution in [0.5, 0.6) is 0 Å². The predicted octanol–water partition coefficient (Wildman–Crippen LogP) is 12.9. The summed E-state index contributed by atoms with van der Waals surface area (Å²) in [7, 11) is 0. The number of carbonyl (C=O) groups excluding carboxylic acids is 2. The summed E-state index contributed by atoms with van der Waals surface area (Å²) >= 11 is 0. The van der Waals surface area contributed by atoms with Crippen molar-refractivity contribution in [1.82, 2.24) is 10.6 Å². The maximum absolute atomic E-state index is 13.7. The highest BCUT2D eigenvalue weighted by Gasteiger charge is 2.50. The summed E-state index contributed by atoms with van der Waals surface area (Å²) in [6, 6.07) is 0.407. The van der Waals surface area contributed by atoms with Gasteiger partial charge in [-0.05, 0) is 212 Å². The van der Waals surface area contributed by atoms with Crippen LogP contribution < -0.4 is 10.6 Å². The van der Waals surface area contributed by atoms with Crippen molar-refractivity contribution in [2.24, 2.45) is 103 Å². The normalized spacial score (nSPS) is 46.4. The van der Waals surface area contributed by atoms with Crippen LogP contribution in [-0.4, -0.2) is 70.5 Å². The molecule has 0 aromatic heterocycles. The smallest absolute Gasteiger partial charge is 0.226 e. The van der Waals surface area contributed by atoms with E-state index >= 15 is 0 Å². The number of aliphatic hydroxyl groups is 2. The second-order valence-corrected chi connectivity index (χ2v) is 26.1. The van der Waals surface area contributed by atoms with Gasteiger partial charge < -0.3 is 20.8 Å². The van der Waals surface area contributed by atoms with Crippen molar-refractivity contribution in [1.29, 1.82) is 0 Å². The standard InChI is InChI=1S/C60H98N6O4/c1-37-13-31-53(39(3)33-37)61-59(69)51-35-45-9-5-7-11-49(45)55(57(51)67)65-63-47-27-23-43(24-28-47)21-19-41-15-17-42(18-16-41)20-22-44-25-29-48(30-26-44)64-66-56-50-12-8-6-10-46(50)36-52(58(56)68)60(70)62-54-32-14-38(2)34-40(54)4/h19-22,37-58,67-68H,5-18,23-36H2,1-4H3,(H,61,69)(H,62,70). The van der Waals surface area contributed by atoms with Gasteiger partial charge in [0, 0.05) is 12.1 Å². The fourth-order valence-corrected chi connectivity index (χ4v) is 16.4. The van der Waals surface area contributed by atoms with E-state index < -0.39 is 12.2 Å². The van der Waals surface area contributed by atoms with E-state index in [1.165, 1.54) is 64.2 Å². The van der Waals surface area contributed by atoms with Gasteiger partial charge in [-0.3, -0.25) is 9.59 Å². The molecule has 392 valence electrons. The Balaban J connectivity index is 0.679. The van der Waals surface area contributed by atoms with Crippen LogP contribution in [0.25, 0.3) is 0 Å². The van der Waals surface area contributed by atoms with Gasteiger partial charge in [0.15, 0.2) is 0 Å². The highest BCUT2D eigenvalue weighted by Crippen LogP contribution is 2.47. The van der Waals surface area contributed by atoms with Gasteiger partial charge in [-0.1, -0.05) is 90.5 Å². The van der Waals surface area contributed by atoms with Gasteiger partial charge in [0.2, 0.25) is 11.8 Å². The van der Waals surface area contributed by atoms with Crippen molar-refractivity contribution in [2.75, 3.05) is 0 Å². The third kappa shape index (κ3) is 13.3. The molecule has 4 N–H and O–H groups in total. The number of aliphatic hydroxyl groups excluding tert-OH is 2. The van der Waals surface area contributed by atoms with E-state index in [2.05, 4.69) is 62.6 Å². The molecule has 0 radical (unpaired) electrons. The summed E-state index contributed by atoms with van der Waals surface area (Å²) in [6.07, 6.45) is 40.4. The molecule has 9 saturated carbocycles. The second kappa shape index (κ2) is 24.7. The van der Waals surface area contributed by atoms with Gasteiger partial charge in [-0.2, -0.15) is 20.5 Å². The van der Waals surface area contributed by atoms with E-state index in [0.717, 1.165) is 127 Å². The predicted molar refractivity (Wildman–Crippen MR) is 280 cm³/mol. The van der Waals surface area contributed by atoms with E-state index in [-0.39, 0.29) is 59.9 Å². The van der Waals surface area contributed by atoms with Crippen LogP contribution in [0, 0.1) is 82.9 Å². The van der Waals surface area contributed by atoms with E-state index in [9.17, 15) is 19.8 Å².